The molecule has 0 spiro atoms. The first-order valence-corrected chi connectivity index (χ1v) is 9.96. The van der Waals surface area contributed by atoms with Gasteiger partial charge in [-0.1, -0.05) is 24.5 Å². The molecule has 0 aromatic carbocycles. The molecule has 3 aliphatic rings. The molecule has 1 saturated heterocycles. The molecule has 3 fully saturated rings. The first kappa shape index (κ1) is 17.0. The second kappa shape index (κ2) is 7.43. The fourth-order valence-corrected chi connectivity index (χ4v) is 4.36. The van der Waals surface area contributed by atoms with Gasteiger partial charge in [0.2, 0.25) is 0 Å². The van der Waals surface area contributed by atoms with Gasteiger partial charge in [0.05, 0.1) is 24.0 Å². The second-order valence-corrected chi connectivity index (χ2v) is 8.07. The van der Waals surface area contributed by atoms with Crippen LogP contribution in [0.1, 0.15) is 69.5 Å². The Labute approximate surface area is 149 Å². The average molecular weight is 343 g/mol. The first-order valence-electron chi connectivity index (χ1n) is 9.96. The molecule has 1 aromatic rings. The van der Waals surface area contributed by atoms with E-state index in [1.54, 1.807) is 0 Å². The number of nitriles is 1. The molecular formula is C19H29N5O. The molecule has 4 rings (SSSR count). The lowest BCUT2D eigenvalue weighted by atomic mass is 9.82. The second-order valence-electron chi connectivity index (χ2n) is 8.07. The van der Waals surface area contributed by atoms with Crippen molar-refractivity contribution in [1.82, 2.24) is 20.3 Å². The third kappa shape index (κ3) is 3.73. The van der Waals surface area contributed by atoms with Crippen molar-refractivity contribution in [3.05, 3.63) is 11.9 Å². The molecule has 0 unspecified atom stereocenters. The van der Waals surface area contributed by atoms with E-state index in [4.69, 9.17) is 4.74 Å². The maximum Gasteiger partial charge on any atom is 0.150 e. The van der Waals surface area contributed by atoms with Crippen molar-refractivity contribution in [2.24, 2.45) is 11.8 Å². The Hall–Kier alpha value is -1.45. The molecule has 0 radical (unpaired) electrons. The minimum absolute atomic E-state index is 0.270. The third-order valence-corrected chi connectivity index (χ3v) is 6.29. The number of ether oxygens (including phenoxy) is 1. The van der Waals surface area contributed by atoms with E-state index in [-0.39, 0.29) is 6.04 Å². The van der Waals surface area contributed by atoms with Crippen LogP contribution in [0.5, 0.6) is 0 Å². The molecule has 0 bridgehead atoms. The van der Waals surface area contributed by atoms with Gasteiger partial charge in [-0.3, -0.25) is 0 Å². The van der Waals surface area contributed by atoms with Crippen LogP contribution in [0, 0.1) is 23.2 Å². The topological polar surface area (TPSA) is 75.8 Å². The third-order valence-electron chi connectivity index (χ3n) is 6.29. The summed E-state index contributed by atoms with van der Waals surface area (Å²) >= 11 is 0. The smallest absolute Gasteiger partial charge is 0.150 e. The van der Waals surface area contributed by atoms with Gasteiger partial charge in [0.1, 0.15) is 0 Å². The molecule has 6 nitrogen and oxygen atoms in total. The summed E-state index contributed by atoms with van der Waals surface area (Å²) in [7, 11) is 0. The van der Waals surface area contributed by atoms with Crippen LogP contribution in [0.2, 0.25) is 0 Å². The van der Waals surface area contributed by atoms with E-state index < -0.39 is 5.54 Å². The van der Waals surface area contributed by atoms with Crippen LogP contribution < -0.4 is 5.32 Å². The van der Waals surface area contributed by atoms with Gasteiger partial charge in [-0.2, -0.15) is 5.26 Å². The summed E-state index contributed by atoms with van der Waals surface area (Å²) < 4.78 is 7.30. The van der Waals surface area contributed by atoms with Gasteiger partial charge in [-0.25, -0.2) is 4.68 Å². The van der Waals surface area contributed by atoms with Crippen molar-refractivity contribution >= 4 is 0 Å². The predicted molar refractivity (Wildman–Crippen MR) is 93.7 cm³/mol. The Morgan fingerprint density at radius 3 is 2.68 bits per heavy atom. The first-order chi connectivity index (χ1) is 12.3. The lowest BCUT2D eigenvalue weighted by molar-refractivity contribution is 0.0642. The average Bonchev–Trinajstić information content (AvgIpc) is 3.33. The summed E-state index contributed by atoms with van der Waals surface area (Å²) in [5.74, 6) is 1.33. The molecule has 25 heavy (non-hydrogen) atoms. The van der Waals surface area contributed by atoms with Crippen molar-refractivity contribution in [3.8, 4) is 6.07 Å². The van der Waals surface area contributed by atoms with Crippen LogP contribution in [0.4, 0.5) is 0 Å². The van der Waals surface area contributed by atoms with Gasteiger partial charge < -0.3 is 10.1 Å². The molecule has 2 saturated carbocycles. The normalized spacial score (nSPS) is 25.4. The number of hydrogen-bond donors (Lipinski definition) is 1. The number of aromatic nitrogens is 3. The van der Waals surface area contributed by atoms with E-state index in [2.05, 4.69) is 21.7 Å². The summed E-state index contributed by atoms with van der Waals surface area (Å²) in [6, 6.07) is 2.68. The fourth-order valence-electron chi connectivity index (χ4n) is 4.36. The summed E-state index contributed by atoms with van der Waals surface area (Å²) in [6.07, 6.45) is 12.6. The maximum absolute atomic E-state index is 9.41. The Kier molecular flexibility index (Phi) is 5.05. The molecule has 0 amide bonds. The van der Waals surface area contributed by atoms with Gasteiger partial charge >= 0.3 is 0 Å². The quantitative estimate of drug-likeness (QED) is 0.859. The van der Waals surface area contributed by atoms with Crippen LogP contribution in [0.3, 0.4) is 0 Å². The maximum atomic E-state index is 9.41. The molecule has 6 heteroatoms. The van der Waals surface area contributed by atoms with E-state index in [0.29, 0.717) is 11.8 Å². The van der Waals surface area contributed by atoms with Gasteiger partial charge in [-0.05, 0) is 56.9 Å². The van der Waals surface area contributed by atoms with Crippen LogP contribution in [0.25, 0.3) is 0 Å². The van der Waals surface area contributed by atoms with E-state index in [0.717, 1.165) is 51.1 Å². The van der Waals surface area contributed by atoms with Crippen molar-refractivity contribution in [2.75, 3.05) is 19.8 Å². The Balaban J connectivity index is 1.47. The van der Waals surface area contributed by atoms with Crippen molar-refractivity contribution in [1.29, 1.82) is 5.26 Å². The predicted octanol–water partition coefficient (Wildman–Crippen LogP) is 2.93. The zero-order valence-electron chi connectivity index (χ0n) is 15.0. The van der Waals surface area contributed by atoms with Crippen LogP contribution >= 0.6 is 0 Å². The summed E-state index contributed by atoms with van der Waals surface area (Å²) in [5, 5.41) is 22.0. The van der Waals surface area contributed by atoms with Gasteiger partial charge in [0, 0.05) is 13.2 Å². The minimum atomic E-state index is -0.414. The summed E-state index contributed by atoms with van der Waals surface area (Å²) in [4.78, 5) is 0. The van der Waals surface area contributed by atoms with Gasteiger partial charge in [-0.15, -0.1) is 5.10 Å². The Bertz CT molecular complexity index is 606. The standard InChI is InChI=1S/C19H29N5O/c20-14-19(8-9-19)24-13-17(22-23-24)18(16-4-2-1-3-5-16)21-12-15-6-10-25-11-7-15/h13,15-16,18,21H,1-12H2/t18-/m0/s1. The van der Waals surface area contributed by atoms with Crippen LogP contribution in [-0.4, -0.2) is 34.8 Å². The van der Waals surface area contributed by atoms with E-state index in [1.165, 1.54) is 32.1 Å². The van der Waals surface area contributed by atoms with E-state index in [1.807, 2.05) is 10.9 Å². The molecule has 1 aliphatic heterocycles. The monoisotopic (exact) mass is 343 g/mol. The molecule has 2 aliphatic carbocycles. The molecule has 2 heterocycles. The Morgan fingerprint density at radius 1 is 1.24 bits per heavy atom. The SMILES string of the molecule is N#CC1(n2cc([C@@H](NCC3CCOCC3)C3CCCCC3)nn2)CC1. The Morgan fingerprint density at radius 2 is 2.00 bits per heavy atom. The largest absolute Gasteiger partial charge is 0.381 e. The van der Waals surface area contributed by atoms with Crippen LogP contribution in [0.15, 0.2) is 6.20 Å². The number of nitrogens with one attached hydrogen (secondary N) is 1. The zero-order valence-corrected chi connectivity index (χ0v) is 15.0. The lowest BCUT2D eigenvalue weighted by Gasteiger charge is -2.32. The molecule has 1 atom stereocenters. The highest BCUT2D eigenvalue weighted by atomic mass is 16.5. The molecule has 1 N–H and O–H groups in total. The van der Waals surface area contributed by atoms with Crippen LogP contribution in [-0.2, 0) is 10.3 Å². The van der Waals surface area contributed by atoms with Gasteiger partial charge in [0.25, 0.3) is 0 Å². The molecular weight excluding hydrogens is 314 g/mol. The van der Waals surface area contributed by atoms with Crippen molar-refractivity contribution < 1.29 is 4.74 Å². The number of hydrogen-bond acceptors (Lipinski definition) is 5. The zero-order chi connectivity index (χ0) is 17.1. The highest BCUT2D eigenvalue weighted by Gasteiger charge is 2.47. The molecule has 1 aromatic heterocycles. The van der Waals surface area contributed by atoms with E-state index >= 15 is 0 Å². The lowest BCUT2D eigenvalue weighted by Crippen LogP contribution is -2.35. The molecule has 136 valence electrons. The van der Waals surface area contributed by atoms with Crippen molar-refractivity contribution in [2.45, 2.75) is 69.4 Å². The highest BCUT2D eigenvalue weighted by molar-refractivity contribution is 5.17. The number of rotatable bonds is 6. The van der Waals surface area contributed by atoms with Gasteiger partial charge in [0.15, 0.2) is 5.54 Å². The highest BCUT2D eigenvalue weighted by Crippen LogP contribution is 2.43. The fraction of sp³-hybridized carbons (Fsp3) is 0.842. The minimum Gasteiger partial charge on any atom is -0.381 e. The number of nitrogens with zero attached hydrogens (tertiary/aromatic N) is 4. The summed E-state index contributed by atoms with van der Waals surface area (Å²) in [5.41, 5.74) is 0.615. The van der Waals surface area contributed by atoms with Crippen molar-refractivity contribution in [3.63, 3.8) is 0 Å². The summed E-state index contributed by atoms with van der Waals surface area (Å²) in [6.45, 7) is 2.81. The van der Waals surface area contributed by atoms with E-state index in [9.17, 15) is 5.26 Å².